The van der Waals surface area contributed by atoms with Crippen molar-refractivity contribution in [3.63, 3.8) is 0 Å². The average molecular weight is 410 g/mol. The highest BCUT2D eigenvalue weighted by atomic mass is 35.5. The number of fused-ring (bicyclic) bond motifs is 2. The molecule has 1 aromatic carbocycles. The molecule has 1 heterocycles. The highest BCUT2D eigenvalue weighted by Crippen LogP contribution is 2.60. The van der Waals surface area contributed by atoms with Crippen molar-refractivity contribution in [3.8, 4) is 0 Å². The van der Waals surface area contributed by atoms with Gasteiger partial charge in [-0.1, -0.05) is 30.9 Å². The first-order valence-electron chi connectivity index (χ1n) is 9.74. The van der Waals surface area contributed by atoms with Crippen molar-refractivity contribution in [1.29, 1.82) is 0 Å². The van der Waals surface area contributed by atoms with Gasteiger partial charge in [0.2, 0.25) is 10.0 Å². The predicted octanol–water partition coefficient (Wildman–Crippen LogP) is 3.06. The quantitative estimate of drug-likeness (QED) is 0.723. The maximum absolute atomic E-state index is 12.7. The van der Waals surface area contributed by atoms with Crippen LogP contribution in [0.3, 0.4) is 0 Å². The molecule has 1 aromatic heterocycles. The number of H-pyrrole nitrogens is 1. The molecular weight excluding hydrogens is 386 g/mol. The summed E-state index contributed by atoms with van der Waals surface area (Å²) in [7, 11) is -3.26. The lowest BCUT2D eigenvalue weighted by atomic mass is 9.86. The van der Waals surface area contributed by atoms with E-state index < -0.39 is 15.6 Å². The van der Waals surface area contributed by atoms with Gasteiger partial charge in [-0.3, -0.25) is 5.10 Å². The van der Waals surface area contributed by atoms with Gasteiger partial charge in [-0.2, -0.15) is 5.10 Å². The van der Waals surface area contributed by atoms with E-state index in [4.69, 9.17) is 11.6 Å². The summed E-state index contributed by atoms with van der Waals surface area (Å²) in [4.78, 5) is 0. The third kappa shape index (κ3) is 2.99. The molecule has 0 aliphatic heterocycles. The molecule has 146 valence electrons. The van der Waals surface area contributed by atoms with Crippen LogP contribution < -0.4 is 4.72 Å². The number of rotatable bonds is 4. The molecule has 0 unspecified atom stereocenters. The van der Waals surface area contributed by atoms with Crippen LogP contribution in [0.25, 0.3) is 10.9 Å². The van der Waals surface area contributed by atoms with Crippen molar-refractivity contribution in [2.45, 2.75) is 61.8 Å². The Bertz CT molecular complexity index is 971. The predicted molar refractivity (Wildman–Crippen MR) is 104 cm³/mol. The number of benzene rings is 1. The van der Waals surface area contributed by atoms with Gasteiger partial charge in [-0.05, 0) is 55.2 Å². The van der Waals surface area contributed by atoms with E-state index in [0.717, 1.165) is 48.6 Å². The van der Waals surface area contributed by atoms with Gasteiger partial charge in [0, 0.05) is 16.5 Å². The van der Waals surface area contributed by atoms with Crippen LogP contribution in [0.5, 0.6) is 0 Å². The molecule has 0 spiro atoms. The van der Waals surface area contributed by atoms with Crippen LogP contribution in [-0.2, 0) is 15.6 Å². The molecule has 3 saturated carbocycles. The van der Waals surface area contributed by atoms with E-state index in [-0.39, 0.29) is 23.1 Å². The second-order valence-electron chi connectivity index (χ2n) is 8.50. The van der Waals surface area contributed by atoms with Crippen molar-refractivity contribution in [2.24, 2.45) is 11.8 Å². The lowest BCUT2D eigenvalue weighted by Gasteiger charge is -2.28. The summed E-state index contributed by atoms with van der Waals surface area (Å²) in [5.74, 6) is 0.378. The summed E-state index contributed by atoms with van der Waals surface area (Å²) < 4.78 is 28.3. The monoisotopic (exact) mass is 409 g/mol. The maximum atomic E-state index is 12.7. The molecule has 3 N–H and O–H groups in total. The molecule has 0 bridgehead atoms. The van der Waals surface area contributed by atoms with E-state index in [1.165, 1.54) is 0 Å². The standard InChI is InChI=1S/C19H24ClN3O3S/c20-11-6-16(15-10-21-22-17(15)7-11)19(24)8-13-14(9-19)18(13)23-27(25,26)12-4-2-1-3-5-12/h6-7,10,12-14,18,23-24H,1-5,8-9H2,(H,21,22)/t13-,14+,18+,19+. The highest BCUT2D eigenvalue weighted by molar-refractivity contribution is 7.90. The Morgan fingerprint density at radius 3 is 2.59 bits per heavy atom. The van der Waals surface area contributed by atoms with Gasteiger partial charge in [0.15, 0.2) is 0 Å². The van der Waals surface area contributed by atoms with Gasteiger partial charge in [0.25, 0.3) is 0 Å². The normalized spacial score (nSPS) is 34.1. The molecule has 8 heteroatoms. The van der Waals surface area contributed by atoms with Gasteiger partial charge in [-0.15, -0.1) is 0 Å². The molecule has 6 nitrogen and oxygen atoms in total. The summed E-state index contributed by atoms with van der Waals surface area (Å²) in [5.41, 5.74) is 0.621. The van der Waals surface area contributed by atoms with E-state index in [2.05, 4.69) is 14.9 Å². The molecular formula is C19H24ClN3O3S. The Labute approximate surface area is 163 Å². The summed E-state index contributed by atoms with van der Waals surface area (Å²) in [6, 6.07) is 3.58. The molecule has 2 aromatic rings. The van der Waals surface area contributed by atoms with Crippen molar-refractivity contribution in [1.82, 2.24) is 14.9 Å². The molecule has 3 fully saturated rings. The summed E-state index contributed by atoms with van der Waals surface area (Å²) in [6.07, 6.45) is 7.48. The van der Waals surface area contributed by atoms with Crippen LogP contribution in [0.15, 0.2) is 18.3 Å². The van der Waals surface area contributed by atoms with E-state index >= 15 is 0 Å². The number of halogens is 1. The van der Waals surface area contributed by atoms with E-state index in [1.807, 2.05) is 6.07 Å². The molecule has 3 aliphatic rings. The first-order valence-corrected chi connectivity index (χ1v) is 11.7. The van der Waals surface area contributed by atoms with Gasteiger partial charge >= 0.3 is 0 Å². The van der Waals surface area contributed by atoms with Crippen LogP contribution in [0.2, 0.25) is 5.02 Å². The maximum Gasteiger partial charge on any atom is 0.214 e. The summed E-state index contributed by atoms with van der Waals surface area (Å²) in [6.45, 7) is 0. The molecule has 0 amide bonds. The minimum Gasteiger partial charge on any atom is -0.385 e. The minimum atomic E-state index is -3.26. The fourth-order valence-electron chi connectivity index (χ4n) is 5.32. The minimum absolute atomic E-state index is 0.0313. The van der Waals surface area contributed by atoms with Crippen LogP contribution in [0.4, 0.5) is 0 Å². The van der Waals surface area contributed by atoms with Crippen LogP contribution in [0, 0.1) is 11.8 Å². The number of aromatic nitrogens is 2. The fraction of sp³-hybridized carbons (Fsp3) is 0.632. The number of sulfonamides is 1. The first-order chi connectivity index (χ1) is 12.9. The van der Waals surface area contributed by atoms with Gasteiger partial charge in [0.05, 0.1) is 22.6 Å². The largest absolute Gasteiger partial charge is 0.385 e. The molecule has 0 saturated heterocycles. The van der Waals surface area contributed by atoms with Gasteiger partial charge < -0.3 is 5.11 Å². The molecule has 0 radical (unpaired) electrons. The second kappa shape index (κ2) is 6.17. The number of nitrogens with one attached hydrogen (secondary N) is 2. The lowest BCUT2D eigenvalue weighted by Crippen LogP contribution is -2.39. The number of hydrogen-bond donors (Lipinski definition) is 3. The van der Waals surface area contributed by atoms with Crippen molar-refractivity contribution in [3.05, 3.63) is 28.9 Å². The third-order valence-electron chi connectivity index (χ3n) is 6.79. The topological polar surface area (TPSA) is 95.1 Å². The Hall–Kier alpha value is -1.15. The number of aliphatic hydroxyl groups is 1. The zero-order valence-corrected chi connectivity index (χ0v) is 16.6. The first kappa shape index (κ1) is 17.9. The zero-order chi connectivity index (χ0) is 18.8. The van der Waals surface area contributed by atoms with Crippen molar-refractivity contribution < 1.29 is 13.5 Å². The molecule has 3 aliphatic carbocycles. The summed E-state index contributed by atoms with van der Waals surface area (Å²) >= 11 is 6.22. The summed E-state index contributed by atoms with van der Waals surface area (Å²) in [5, 5.41) is 19.5. The third-order valence-corrected chi connectivity index (χ3v) is 8.96. The van der Waals surface area contributed by atoms with Crippen LogP contribution >= 0.6 is 11.6 Å². The number of hydrogen-bond acceptors (Lipinski definition) is 4. The van der Waals surface area contributed by atoms with Crippen LogP contribution in [-0.4, -0.2) is 35.0 Å². The van der Waals surface area contributed by atoms with Gasteiger partial charge in [-0.25, -0.2) is 13.1 Å². The average Bonchev–Trinajstić information content (AvgIpc) is 3.02. The van der Waals surface area contributed by atoms with Crippen molar-refractivity contribution >= 4 is 32.5 Å². The Balaban J connectivity index is 1.32. The van der Waals surface area contributed by atoms with E-state index in [9.17, 15) is 13.5 Å². The molecule has 4 atom stereocenters. The van der Waals surface area contributed by atoms with E-state index in [1.54, 1.807) is 12.3 Å². The van der Waals surface area contributed by atoms with Crippen molar-refractivity contribution in [2.75, 3.05) is 0 Å². The van der Waals surface area contributed by atoms with Crippen LogP contribution in [0.1, 0.15) is 50.5 Å². The Kier molecular flexibility index (Phi) is 4.10. The Morgan fingerprint density at radius 2 is 1.89 bits per heavy atom. The second-order valence-corrected chi connectivity index (χ2v) is 10.9. The number of aromatic amines is 1. The fourth-order valence-corrected chi connectivity index (χ4v) is 7.42. The number of nitrogens with zero attached hydrogens (tertiary/aromatic N) is 1. The SMILES string of the molecule is O=S(=O)(N[C@H]1[C@@H]2C[C@@](O)(c3cc(Cl)cc4[nH]ncc34)C[C@@H]21)C1CCCCC1. The molecule has 5 rings (SSSR count). The van der Waals surface area contributed by atoms with E-state index in [0.29, 0.717) is 17.9 Å². The molecule has 27 heavy (non-hydrogen) atoms. The Morgan fingerprint density at radius 1 is 1.19 bits per heavy atom. The zero-order valence-electron chi connectivity index (χ0n) is 15.0. The van der Waals surface area contributed by atoms with Gasteiger partial charge in [0.1, 0.15) is 0 Å². The highest BCUT2D eigenvalue weighted by Gasteiger charge is 2.63. The lowest BCUT2D eigenvalue weighted by molar-refractivity contribution is 0.0303. The smallest absolute Gasteiger partial charge is 0.214 e.